The van der Waals surface area contributed by atoms with Crippen molar-refractivity contribution in [2.24, 2.45) is 17.8 Å². The van der Waals surface area contributed by atoms with Gasteiger partial charge >= 0.3 is 35.6 Å². The van der Waals surface area contributed by atoms with Crippen LogP contribution in [-0.4, -0.2) is 39.0 Å². The quantitative estimate of drug-likeness (QED) is 0.298. The molecule has 0 aromatic heterocycles. The number of nitrogens with zero attached hydrogens (tertiary/aromatic N) is 2. The Kier molecular flexibility index (Phi) is 11.1. The van der Waals surface area contributed by atoms with E-state index in [-0.39, 0.29) is 7.43 Å². The summed E-state index contributed by atoms with van der Waals surface area (Å²) in [6.07, 6.45) is 10.0. The standard InChI is InChI=1S/C24H35N2Si.CH3.2ClH.Ti/c1-5-19-17-23-21(20-11-9-18(2)10-12-20)7-6-8-22(23)24(19)27(3,4)26-15-13-25-14-16-26;;;;/h6-12,19,22-24H,5,13-17H2,1-4H3;1H3;2*1H;/q2*-1;;;+2/p-2. The first-order chi connectivity index (χ1) is 14.4. The summed E-state index contributed by atoms with van der Waals surface area (Å²) < 4.78 is 2.87. The van der Waals surface area contributed by atoms with Gasteiger partial charge in [0, 0.05) is 0 Å². The molecule has 0 bridgehead atoms. The van der Waals surface area contributed by atoms with Crippen molar-refractivity contribution in [3.63, 3.8) is 0 Å². The minimum atomic E-state index is -1.51. The van der Waals surface area contributed by atoms with Crippen molar-refractivity contribution in [3.8, 4) is 0 Å². The molecule has 6 heteroatoms. The molecule has 0 amide bonds. The maximum absolute atomic E-state index is 4.89. The summed E-state index contributed by atoms with van der Waals surface area (Å²) in [5.41, 5.74) is 5.23. The van der Waals surface area contributed by atoms with Gasteiger partial charge in [-0.2, -0.15) is 0 Å². The second-order valence-electron chi connectivity index (χ2n) is 9.37. The van der Waals surface area contributed by atoms with Crippen LogP contribution in [0.5, 0.6) is 0 Å². The molecule has 1 aromatic rings. The van der Waals surface area contributed by atoms with Crippen LogP contribution in [0.2, 0.25) is 18.6 Å². The predicted molar refractivity (Wildman–Crippen MR) is 138 cm³/mol. The van der Waals surface area contributed by atoms with Crippen LogP contribution in [0, 0.1) is 32.1 Å². The third kappa shape index (κ3) is 6.18. The van der Waals surface area contributed by atoms with Crippen LogP contribution in [0.4, 0.5) is 0 Å². The molecule has 2 nitrogen and oxygen atoms in total. The summed E-state index contributed by atoms with van der Waals surface area (Å²) >= 11 is -0.556. The third-order valence-corrected chi connectivity index (χ3v) is 12.1. The van der Waals surface area contributed by atoms with E-state index >= 15 is 0 Å². The topological polar surface area (TPSA) is 17.3 Å². The van der Waals surface area contributed by atoms with Gasteiger partial charge in [0.05, 0.1) is 0 Å². The molecule has 2 fully saturated rings. The van der Waals surface area contributed by atoms with Crippen molar-refractivity contribution >= 4 is 32.4 Å². The normalized spacial score (nSPS) is 28.0. The van der Waals surface area contributed by atoms with Crippen molar-refractivity contribution in [2.45, 2.75) is 45.3 Å². The summed E-state index contributed by atoms with van der Waals surface area (Å²) in [6.45, 7) is 14.3. The molecule has 1 heterocycles. The fraction of sp³-hybridized carbons (Fsp3) is 0.560. The SMILES string of the molecule is CCC1CC2C(c3ccc(C)cc3)=CC=CC2C1[Si](C)(C)N1CC[N-]CC1.[CH3-].[Cl][Ti][Cl]. The molecule has 4 unspecified atom stereocenters. The number of benzene rings is 1. The Bertz CT molecular complexity index is 744. The molecule has 172 valence electrons. The summed E-state index contributed by atoms with van der Waals surface area (Å²) in [5.74, 6) is 2.28. The average molecular weight is 513 g/mol. The second kappa shape index (κ2) is 12.6. The predicted octanol–water partition coefficient (Wildman–Crippen LogP) is 7.70. The van der Waals surface area contributed by atoms with Crippen LogP contribution in [0.15, 0.2) is 42.5 Å². The molecule has 0 spiro atoms. The summed E-state index contributed by atoms with van der Waals surface area (Å²) in [5, 5.41) is 4.60. The number of piperazine rings is 1. The first kappa shape index (κ1) is 27.4. The Morgan fingerprint density at radius 2 is 1.74 bits per heavy atom. The third-order valence-electron chi connectivity index (χ3n) is 7.55. The van der Waals surface area contributed by atoms with E-state index in [2.05, 4.69) is 79.3 Å². The van der Waals surface area contributed by atoms with Crippen LogP contribution < -0.4 is 0 Å². The van der Waals surface area contributed by atoms with Crippen molar-refractivity contribution < 1.29 is 17.0 Å². The summed E-state index contributed by atoms with van der Waals surface area (Å²) in [7, 11) is 8.27. The maximum atomic E-state index is 4.89. The Labute approximate surface area is 208 Å². The van der Waals surface area contributed by atoms with Gasteiger partial charge in [0.2, 0.25) is 0 Å². The number of hydrogen-bond donors (Lipinski definition) is 0. The van der Waals surface area contributed by atoms with Gasteiger partial charge in [0.25, 0.3) is 0 Å². The van der Waals surface area contributed by atoms with Gasteiger partial charge in [-0.25, -0.2) is 0 Å². The number of halogens is 2. The number of hydrogen-bond acceptors (Lipinski definition) is 1. The van der Waals surface area contributed by atoms with Crippen molar-refractivity contribution in [2.75, 3.05) is 26.2 Å². The number of fused-ring (bicyclic) bond motifs is 1. The Morgan fingerprint density at radius 3 is 2.32 bits per heavy atom. The van der Waals surface area contributed by atoms with Crippen LogP contribution >= 0.6 is 18.6 Å². The van der Waals surface area contributed by atoms with Crippen LogP contribution in [-0.2, 0) is 17.0 Å². The molecule has 0 N–H and O–H groups in total. The number of rotatable bonds is 4. The minimum absolute atomic E-state index is 0. The van der Waals surface area contributed by atoms with Crippen molar-refractivity contribution in [3.05, 3.63) is 66.4 Å². The Balaban J connectivity index is 0.000000808. The molecular formula is C25H38Cl2N2SiTi-2. The molecule has 3 aliphatic rings. The van der Waals surface area contributed by atoms with E-state index in [4.69, 9.17) is 18.6 Å². The fourth-order valence-corrected chi connectivity index (χ4v) is 10.7. The van der Waals surface area contributed by atoms with Gasteiger partial charge in [-0.1, -0.05) is 74.5 Å². The molecule has 4 rings (SSSR count). The molecule has 2 aliphatic carbocycles. The van der Waals surface area contributed by atoms with Crippen LogP contribution in [0.3, 0.4) is 0 Å². The van der Waals surface area contributed by atoms with E-state index in [9.17, 15) is 0 Å². The van der Waals surface area contributed by atoms with Gasteiger partial charge in [0.15, 0.2) is 0 Å². The number of allylic oxidation sites excluding steroid dienone is 4. The molecule has 1 aromatic carbocycles. The Morgan fingerprint density at radius 1 is 1.13 bits per heavy atom. The van der Waals surface area contributed by atoms with Gasteiger partial charge in [0.1, 0.15) is 8.24 Å². The average Bonchev–Trinajstić information content (AvgIpc) is 3.15. The molecule has 4 atom stereocenters. The monoisotopic (exact) mass is 512 g/mol. The zero-order valence-electron chi connectivity index (χ0n) is 19.7. The van der Waals surface area contributed by atoms with Crippen molar-refractivity contribution in [1.29, 1.82) is 0 Å². The molecule has 1 saturated heterocycles. The fourth-order valence-electron chi connectivity index (χ4n) is 6.11. The van der Waals surface area contributed by atoms with E-state index in [0.717, 1.165) is 30.5 Å². The number of aryl methyl sites for hydroxylation is 1. The van der Waals surface area contributed by atoms with E-state index in [0.29, 0.717) is 5.92 Å². The van der Waals surface area contributed by atoms with E-state index in [1.807, 2.05) is 0 Å². The summed E-state index contributed by atoms with van der Waals surface area (Å²) in [4.78, 5) is 0. The first-order valence-corrected chi connectivity index (χ1v) is 18.6. The molecule has 1 saturated carbocycles. The first-order valence-electron chi connectivity index (χ1n) is 11.2. The van der Waals surface area contributed by atoms with Gasteiger partial charge in [-0.15, -0.1) is 13.1 Å². The van der Waals surface area contributed by atoms with Gasteiger partial charge < -0.3 is 17.3 Å². The van der Waals surface area contributed by atoms with Crippen LogP contribution in [0.1, 0.15) is 30.9 Å². The molecule has 31 heavy (non-hydrogen) atoms. The second-order valence-corrected chi connectivity index (χ2v) is 16.6. The van der Waals surface area contributed by atoms with E-state index < -0.39 is 25.3 Å². The van der Waals surface area contributed by atoms with Gasteiger partial charge in [-0.05, 0) is 60.9 Å². The van der Waals surface area contributed by atoms with Crippen LogP contribution in [0.25, 0.3) is 10.9 Å². The van der Waals surface area contributed by atoms with E-state index in [1.165, 1.54) is 37.1 Å². The zero-order chi connectivity index (χ0) is 21.7. The molecule has 0 radical (unpaired) electrons. The zero-order valence-corrected chi connectivity index (χ0v) is 23.8. The van der Waals surface area contributed by atoms with Crippen molar-refractivity contribution in [1.82, 2.24) is 4.57 Å². The van der Waals surface area contributed by atoms with Gasteiger partial charge in [-0.3, -0.25) is 0 Å². The summed E-state index contributed by atoms with van der Waals surface area (Å²) in [6, 6.07) is 9.20. The Hall–Kier alpha value is 0.131. The van der Waals surface area contributed by atoms with E-state index in [1.54, 1.807) is 5.57 Å². The molecule has 1 aliphatic heterocycles. The molecular weight excluding hydrogens is 475 g/mol.